The minimum atomic E-state index is 0.0696. The Morgan fingerprint density at radius 2 is 2.22 bits per heavy atom. The van der Waals surface area contributed by atoms with E-state index >= 15 is 0 Å². The molecule has 1 atom stereocenters. The molecule has 3 heteroatoms. The summed E-state index contributed by atoms with van der Waals surface area (Å²) in [5.41, 5.74) is 2.38. The maximum absolute atomic E-state index is 11.7. The van der Waals surface area contributed by atoms with Crippen LogP contribution in [0.2, 0.25) is 0 Å². The van der Waals surface area contributed by atoms with E-state index in [9.17, 15) is 4.79 Å². The second kappa shape index (κ2) is 6.01. The first kappa shape index (κ1) is 13.1. The van der Waals surface area contributed by atoms with Crippen LogP contribution in [0, 0.1) is 12.8 Å². The van der Waals surface area contributed by atoms with Crippen molar-refractivity contribution in [2.45, 2.75) is 32.7 Å². The van der Waals surface area contributed by atoms with Crippen LogP contribution < -0.4 is 10.6 Å². The first-order chi connectivity index (χ1) is 8.65. The molecular formula is C15H22N2O. The van der Waals surface area contributed by atoms with E-state index < -0.39 is 0 Å². The Morgan fingerprint density at radius 1 is 1.44 bits per heavy atom. The van der Waals surface area contributed by atoms with Gasteiger partial charge in [0.1, 0.15) is 0 Å². The number of aryl methyl sites for hydroxylation is 1. The van der Waals surface area contributed by atoms with E-state index in [1.165, 1.54) is 18.4 Å². The monoisotopic (exact) mass is 246 g/mol. The lowest BCUT2D eigenvalue weighted by Crippen LogP contribution is -2.36. The molecule has 0 heterocycles. The van der Waals surface area contributed by atoms with Crippen molar-refractivity contribution in [3.63, 3.8) is 0 Å². The van der Waals surface area contributed by atoms with E-state index in [-0.39, 0.29) is 11.9 Å². The largest absolute Gasteiger partial charge is 0.348 e. The molecule has 1 aromatic rings. The van der Waals surface area contributed by atoms with Crippen molar-refractivity contribution < 1.29 is 4.79 Å². The van der Waals surface area contributed by atoms with Crippen LogP contribution in [0.25, 0.3) is 0 Å². The minimum absolute atomic E-state index is 0.0696. The summed E-state index contributed by atoms with van der Waals surface area (Å²) in [6.45, 7) is 5.49. The molecular weight excluding hydrogens is 224 g/mol. The topological polar surface area (TPSA) is 41.1 Å². The zero-order valence-electron chi connectivity index (χ0n) is 11.2. The minimum Gasteiger partial charge on any atom is -0.348 e. The van der Waals surface area contributed by atoms with Gasteiger partial charge < -0.3 is 10.6 Å². The van der Waals surface area contributed by atoms with Gasteiger partial charge >= 0.3 is 0 Å². The zero-order chi connectivity index (χ0) is 13.0. The van der Waals surface area contributed by atoms with Crippen LogP contribution in [-0.2, 0) is 4.79 Å². The molecule has 1 aliphatic rings. The van der Waals surface area contributed by atoms with E-state index in [1.54, 1.807) is 0 Å². The van der Waals surface area contributed by atoms with Gasteiger partial charge in [-0.3, -0.25) is 4.79 Å². The third-order valence-electron chi connectivity index (χ3n) is 3.34. The molecule has 0 aromatic heterocycles. The van der Waals surface area contributed by atoms with Crippen LogP contribution in [0.15, 0.2) is 24.3 Å². The molecule has 2 rings (SSSR count). The van der Waals surface area contributed by atoms with Crippen LogP contribution in [0.1, 0.15) is 36.9 Å². The normalized spacial score (nSPS) is 16.3. The second-order valence-corrected chi connectivity index (χ2v) is 5.28. The molecule has 1 fully saturated rings. The molecule has 0 spiro atoms. The molecule has 1 saturated carbocycles. The fourth-order valence-electron chi connectivity index (χ4n) is 2.03. The molecule has 18 heavy (non-hydrogen) atoms. The lowest BCUT2D eigenvalue weighted by Gasteiger charge is -2.15. The Labute approximate surface area is 109 Å². The Kier molecular flexibility index (Phi) is 4.37. The molecule has 0 radical (unpaired) electrons. The number of amides is 1. The van der Waals surface area contributed by atoms with Gasteiger partial charge in [-0.15, -0.1) is 0 Å². The van der Waals surface area contributed by atoms with Gasteiger partial charge in [-0.2, -0.15) is 0 Å². The van der Waals surface area contributed by atoms with E-state index in [1.807, 2.05) is 13.0 Å². The number of carbonyl (C=O) groups excluding carboxylic acids is 1. The SMILES string of the molecule is Cc1cccc([C@H](C)NC(=O)CNCC2CC2)c1. The second-order valence-electron chi connectivity index (χ2n) is 5.28. The summed E-state index contributed by atoms with van der Waals surface area (Å²) in [6, 6.07) is 8.33. The van der Waals surface area contributed by atoms with Crippen molar-refractivity contribution in [2.24, 2.45) is 5.92 Å². The highest BCUT2D eigenvalue weighted by atomic mass is 16.1. The Bertz CT molecular complexity index is 413. The van der Waals surface area contributed by atoms with E-state index in [0.717, 1.165) is 18.0 Å². The number of rotatable bonds is 6. The van der Waals surface area contributed by atoms with Gasteiger partial charge in [0.2, 0.25) is 5.91 Å². The number of hydrogen-bond acceptors (Lipinski definition) is 2. The van der Waals surface area contributed by atoms with Crippen molar-refractivity contribution >= 4 is 5.91 Å². The summed E-state index contributed by atoms with van der Waals surface area (Å²) in [4.78, 5) is 11.7. The summed E-state index contributed by atoms with van der Waals surface area (Å²) in [6.07, 6.45) is 2.63. The molecule has 1 amide bonds. The predicted molar refractivity (Wildman–Crippen MR) is 73.3 cm³/mol. The first-order valence-electron chi connectivity index (χ1n) is 6.72. The Balaban J connectivity index is 1.75. The Morgan fingerprint density at radius 3 is 2.89 bits per heavy atom. The fourth-order valence-corrected chi connectivity index (χ4v) is 2.03. The van der Waals surface area contributed by atoms with Gasteiger partial charge in [-0.1, -0.05) is 29.8 Å². The highest BCUT2D eigenvalue weighted by Crippen LogP contribution is 2.27. The average molecular weight is 246 g/mol. The van der Waals surface area contributed by atoms with Crippen molar-refractivity contribution in [3.8, 4) is 0 Å². The molecule has 1 aliphatic carbocycles. The number of carbonyl (C=O) groups is 1. The van der Waals surface area contributed by atoms with Gasteiger partial charge in [-0.05, 0) is 44.7 Å². The van der Waals surface area contributed by atoms with E-state index in [0.29, 0.717) is 6.54 Å². The molecule has 3 nitrogen and oxygen atoms in total. The third kappa shape index (κ3) is 4.15. The third-order valence-corrected chi connectivity index (χ3v) is 3.34. The van der Waals surface area contributed by atoms with Crippen LogP contribution >= 0.6 is 0 Å². The lowest BCUT2D eigenvalue weighted by molar-refractivity contribution is -0.120. The molecule has 1 aromatic carbocycles. The number of hydrogen-bond donors (Lipinski definition) is 2. The molecule has 0 unspecified atom stereocenters. The summed E-state index contributed by atoms with van der Waals surface area (Å²) in [7, 11) is 0. The van der Waals surface area contributed by atoms with Crippen LogP contribution in [0.3, 0.4) is 0 Å². The maximum Gasteiger partial charge on any atom is 0.234 e. The standard InChI is InChI=1S/C15H22N2O/c1-11-4-3-5-14(8-11)12(2)17-15(18)10-16-9-13-6-7-13/h3-5,8,12-13,16H,6-7,9-10H2,1-2H3,(H,17,18)/t12-/m0/s1. The zero-order valence-corrected chi connectivity index (χ0v) is 11.2. The molecule has 0 aliphatic heterocycles. The number of benzene rings is 1. The van der Waals surface area contributed by atoms with Gasteiger partial charge in [0.05, 0.1) is 12.6 Å². The van der Waals surface area contributed by atoms with Crippen LogP contribution in [0.5, 0.6) is 0 Å². The number of nitrogens with one attached hydrogen (secondary N) is 2. The van der Waals surface area contributed by atoms with Gasteiger partial charge in [-0.25, -0.2) is 0 Å². The van der Waals surface area contributed by atoms with E-state index in [2.05, 4.69) is 35.8 Å². The molecule has 2 N–H and O–H groups in total. The fraction of sp³-hybridized carbons (Fsp3) is 0.533. The average Bonchev–Trinajstić information content (AvgIpc) is 3.13. The van der Waals surface area contributed by atoms with Crippen LogP contribution in [0.4, 0.5) is 0 Å². The van der Waals surface area contributed by atoms with Crippen molar-refractivity contribution in [1.82, 2.24) is 10.6 Å². The quantitative estimate of drug-likeness (QED) is 0.807. The highest BCUT2D eigenvalue weighted by molar-refractivity contribution is 5.78. The molecule has 0 saturated heterocycles. The van der Waals surface area contributed by atoms with Gasteiger partial charge in [0.15, 0.2) is 0 Å². The molecule has 0 bridgehead atoms. The smallest absolute Gasteiger partial charge is 0.234 e. The first-order valence-corrected chi connectivity index (χ1v) is 6.72. The lowest BCUT2D eigenvalue weighted by atomic mass is 10.1. The van der Waals surface area contributed by atoms with Crippen molar-refractivity contribution in [2.75, 3.05) is 13.1 Å². The Hall–Kier alpha value is -1.35. The van der Waals surface area contributed by atoms with Crippen molar-refractivity contribution in [1.29, 1.82) is 0 Å². The predicted octanol–water partition coefficient (Wildman–Crippen LogP) is 2.17. The summed E-state index contributed by atoms with van der Waals surface area (Å²) < 4.78 is 0. The summed E-state index contributed by atoms with van der Waals surface area (Å²) >= 11 is 0. The van der Waals surface area contributed by atoms with Crippen molar-refractivity contribution in [3.05, 3.63) is 35.4 Å². The maximum atomic E-state index is 11.7. The summed E-state index contributed by atoms with van der Waals surface area (Å²) in [5.74, 6) is 0.886. The van der Waals surface area contributed by atoms with E-state index in [4.69, 9.17) is 0 Å². The summed E-state index contributed by atoms with van der Waals surface area (Å²) in [5, 5.41) is 6.22. The van der Waals surface area contributed by atoms with Gasteiger partial charge in [0.25, 0.3) is 0 Å². The van der Waals surface area contributed by atoms with Crippen LogP contribution in [-0.4, -0.2) is 19.0 Å². The molecule has 98 valence electrons. The van der Waals surface area contributed by atoms with Gasteiger partial charge in [0, 0.05) is 0 Å². The highest BCUT2D eigenvalue weighted by Gasteiger charge is 2.20.